The summed E-state index contributed by atoms with van der Waals surface area (Å²) in [5.74, 6) is -0.338. The van der Waals surface area contributed by atoms with Crippen LogP contribution in [-0.4, -0.2) is 75.1 Å². The fourth-order valence-corrected chi connectivity index (χ4v) is 6.61. The van der Waals surface area contributed by atoms with Crippen LogP contribution in [0, 0.1) is 0 Å². The lowest BCUT2D eigenvalue weighted by molar-refractivity contribution is -0.143. The lowest BCUT2D eigenvalue weighted by atomic mass is 10.0. The fraction of sp³-hybridized carbons (Fsp3) is 0.414. The number of amidine groups is 1. The Hall–Kier alpha value is -3.36. The topological polar surface area (TPSA) is 63.0 Å². The third-order valence-electron chi connectivity index (χ3n) is 7.73. The van der Waals surface area contributed by atoms with E-state index < -0.39 is 23.5 Å². The SMILES string of the molecule is C[C@@H]1CN(C2CN(C3=NC(=O)/C(=C/c4ccc5c(cnn5Cc5ccc(C(F)(F)F)cc5C(F)(F)F)c4)S3)C2)C[C@H](C)O1. The van der Waals surface area contributed by atoms with E-state index in [0.29, 0.717) is 38.6 Å². The molecule has 1 aromatic heterocycles. The first kappa shape index (κ1) is 29.7. The lowest BCUT2D eigenvalue weighted by Crippen LogP contribution is -2.64. The Morgan fingerprint density at radius 2 is 1.70 bits per heavy atom. The number of fused-ring (bicyclic) bond motifs is 1. The van der Waals surface area contributed by atoms with E-state index in [9.17, 15) is 31.1 Å². The average molecular weight is 624 g/mol. The van der Waals surface area contributed by atoms with Crippen molar-refractivity contribution in [2.24, 2.45) is 4.99 Å². The van der Waals surface area contributed by atoms with Gasteiger partial charge in [0.2, 0.25) is 0 Å². The van der Waals surface area contributed by atoms with Crippen LogP contribution in [0.2, 0.25) is 0 Å². The van der Waals surface area contributed by atoms with Crippen LogP contribution in [0.25, 0.3) is 17.0 Å². The van der Waals surface area contributed by atoms with Gasteiger partial charge in [-0.05, 0) is 67.1 Å². The molecule has 2 saturated heterocycles. The number of hydrogen-bond donors (Lipinski definition) is 0. The fourth-order valence-electron chi connectivity index (χ4n) is 5.68. The molecular weight excluding hydrogens is 596 g/mol. The standard InChI is InChI=1S/C29H27F6N5O2S/c1-16-11-38(12-17(2)42-16)22-14-39(15-22)27-37-26(41)25(43-27)8-18-3-6-24-20(7-18)10-36-40(24)13-19-4-5-21(28(30,31)32)9-23(19)29(33,34)35/h3-10,16-17,22H,11-15H2,1-2H3/b25-8-/t16-,17+. The number of aromatic nitrogens is 2. The minimum Gasteiger partial charge on any atom is -0.373 e. The molecule has 2 fully saturated rings. The van der Waals surface area contributed by atoms with Crippen molar-refractivity contribution >= 4 is 39.8 Å². The second kappa shape index (κ2) is 11.0. The van der Waals surface area contributed by atoms with Crippen LogP contribution < -0.4 is 0 Å². The van der Waals surface area contributed by atoms with Gasteiger partial charge in [-0.25, -0.2) is 0 Å². The molecule has 0 bridgehead atoms. The van der Waals surface area contributed by atoms with Crippen molar-refractivity contribution in [3.8, 4) is 0 Å². The molecule has 2 atom stereocenters. The van der Waals surface area contributed by atoms with Crippen molar-refractivity contribution in [2.75, 3.05) is 26.2 Å². The highest BCUT2D eigenvalue weighted by atomic mass is 32.2. The number of likely N-dealkylation sites (tertiary alicyclic amines) is 1. The summed E-state index contributed by atoms with van der Waals surface area (Å²) >= 11 is 1.30. The number of nitrogens with zero attached hydrogens (tertiary/aromatic N) is 5. The van der Waals surface area contributed by atoms with E-state index in [0.717, 1.165) is 32.2 Å². The molecule has 2 aromatic carbocycles. The van der Waals surface area contributed by atoms with Crippen LogP contribution in [0.5, 0.6) is 0 Å². The minimum atomic E-state index is -4.97. The molecule has 0 aliphatic carbocycles. The predicted molar refractivity (Wildman–Crippen MR) is 150 cm³/mol. The Morgan fingerprint density at radius 3 is 2.37 bits per heavy atom. The maximum absolute atomic E-state index is 13.6. The maximum atomic E-state index is 13.6. The summed E-state index contributed by atoms with van der Waals surface area (Å²) in [5.41, 5.74) is -1.88. The molecule has 0 unspecified atom stereocenters. The number of ether oxygens (including phenoxy) is 1. The van der Waals surface area contributed by atoms with Gasteiger partial charge in [-0.1, -0.05) is 12.1 Å². The summed E-state index contributed by atoms with van der Waals surface area (Å²) in [6.07, 6.45) is -6.33. The molecular formula is C29H27F6N5O2S. The summed E-state index contributed by atoms with van der Waals surface area (Å²) < 4.78 is 87.1. The molecule has 6 rings (SSSR count). The first-order valence-electron chi connectivity index (χ1n) is 13.6. The zero-order chi connectivity index (χ0) is 30.7. The number of hydrogen-bond acceptors (Lipinski definition) is 6. The van der Waals surface area contributed by atoms with Crippen molar-refractivity contribution in [1.29, 1.82) is 0 Å². The number of aliphatic imine (C=N–C) groups is 1. The van der Waals surface area contributed by atoms with Gasteiger partial charge in [-0.2, -0.15) is 36.4 Å². The normalized spacial score (nSPS) is 23.3. The number of benzene rings is 2. The zero-order valence-corrected chi connectivity index (χ0v) is 23.9. The third-order valence-corrected chi connectivity index (χ3v) is 8.78. The quantitative estimate of drug-likeness (QED) is 0.267. The maximum Gasteiger partial charge on any atom is 0.416 e. The summed E-state index contributed by atoms with van der Waals surface area (Å²) in [4.78, 5) is 21.9. The van der Waals surface area contributed by atoms with E-state index in [1.54, 1.807) is 24.3 Å². The van der Waals surface area contributed by atoms with E-state index in [4.69, 9.17) is 4.74 Å². The average Bonchev–Trinajstić information content (AvgIpc) is 3.44. The zero-order valence-electron chi connectivity index (χ0n) is 23.1. The Labute approximate surface area is 247 Å². The molecule has 3 aliphatic heterocycles. The largest absolute Gasteiger partial charge is 0.416 e. The van der Waals surface area contributed by atoms with Gasteiger partial charge in [0.15, 0.2) is 5.17 Å². The number of thioether (sulfide) groups is 1. The molecule has 0 spiro atoms. The van der Waals surface area contributed by atoms with Crippen molar-refractivity contribution in [2.45, 2.75) is 51.0 Å². The Bertz CT molecular complexity index is 1620. The second-order valence-corrected chi connectivity index (χ2v) is 12.1. The van der Waals surface area contributed by atoms with Gasteiger partial charge in [0.25, 0.3) is 5.91 Å². The lowest BCUT2D eigenvalue weighted by Gasteiger charge is -2.49. The third kappa shape index (κ3) is 6.18. The van der Waals surface area contributed by atoms with Gasteiger partial charge >= 0.3 is 12.4 Å². The van der Waals surface area contributed by atoms with Crippen molar-refractivity contribution in [3.63, 3.8) is 0 Å². The summed E-state index contributed by atoms with van der Waals surface area (Å²) in [7, 11) is 0. The van der Waals surface area contributed by atoms with Crippen molar-refractivity contribution in [1.82, 2.24) is 19.6 Å². The molecule has 7 nitrogen and oxygen atoms in total. The molecule has 0 radical (unpaired) electrons. The number of carbonyl (C=O) groups is 1. The predicted octanol–water partition coefficient (Wildman–Crippen LogP) is 5.89. The highest BCUT2D eigenvalue weighted by Crippen LogP contribution is 2.38. The van der Waals surface area contributed by atoms with Gasteiger partial charge in [-0.15, -0.1) is 0 Å². The molecule has 228 valence electrons. The van der Waals surface area contributed by atoms with E-state index in [1.807, 2.05) is 0 Å². The summed E-state index contributed by atoms with van der Waals surface area (Å²) in [5, 5.41) is 5.44. The van der Waals surface area contributed by atoms with Crippen LogP contribution in [0.15, 0.2) is 52.5 Å². The van der Waals surface area contributed by atoms with Crippen LogP contribution in [-0.2, 0) is 28.4 Å². The Morgan fingerprint density at radius 1 is 0.977 bits per heavy atom. The summed E-state index contributed by atoms with van der Waals surface area (Å²) in [6.45, 7) is 7.08. The minimum absolute atomic E-state index is 0.127. The number of carbonyl (C=O) groups excluding carboxylic acids is 1. The highest BCUT2D eigenvalue weighted by molar-refractivity contribution is 8.18. The van der Waals surface area contributed by atoms with E-state index in [2.05, 4.69) is 33.7 Å². The molecule has 1 amide bonds. The van der Waals surface area contributed by atoms with Gasteiger partial charge in [0.05, 0.1) is 46.5 Å². The molecule has 43 heavy (non-hydrogen) atoms. The number of amides is 1. The van der Waals surface area contributed by atoms with E-state index >= 15 is 0 Å². The van der Waals surface area contributed by atoms with E-state index in [-0.39, 0.29) is 36.3 Å². The smallest absolute Gasteiger partial charge is 0.373 e. The van der Waals surface area contributed by atoms with Crippen molar-refractivity contribution < 1.29 is 35.9 Å². The molecule has 0 N–H and O–H groups in total. The number of morpholine rings is 1. The van der Waals surface area contributed by atoms with Gasteiger partial charge < -0.3 is 9.64 Å². The van der Waals surface area contributed by atoms with Crippen LogP contribution >= 0.6 is 11.8 Å². The number of halogens is 6. The van der Waals surface area contributed by atoms with Gasteiger partial charge in [-0.3, -0.25) is 14.4 Å². The van der Waals surface area contributed by atoms with Crippen LogP contribution in [0.4, 0.5) is 26.3 Å². The molecule has 14 heteroatoms. The monoisotopic (exact) mass is 623 g/mol. The first-order chi connectivity index (χ1) is 20.2. The molecule has 0 saturated carbocycles. The molecule has 4 heterocycles. The Balaban J connectivity index is 1.14. The van der Waals surface area contributed by atoms with E-state index in [1.165, 1.54) is 22.6 Å². The molecule has 3 aromatic rings. The van der Waals surface area contributed by atoms with Crippen LogP contribution in [0.1, 0.15) is 36.1 Å². The summed E-state index contributed by atoms with van der Waals surface area (Å²) in [6, 6.07) is 7.09. The first-order valence-corrected chi connectivity index (χ1v) is 14.5. The van der Waals surface area contributed by atoms with Crippen LogP contribution in [0.3, 0.4) is 0 Å². The second-order valence-electron chi connectivity index (χ2n) is 11.1. The van der Waals surface area contributed by atoms with Gasteiger partial charge in [0.1, 0.15) is 0 Å². The van der Waals surface area contributed by atoms with Crippen molar-refractivity contribution in [3.05, 3.63) is 69.8 Å². The van der Waals surface area contributed by atoms with Gasteiger partial charge in [0, 0.05) is 37.6 Å². The number of rotatable bonds is 4. The molecule has 3 aliphatic rings. The highest BCUT2D eigenvalue weighted by Gasteiger charge is 2.40. The Kier molecular flexibility index (Phi) is 7.58. The number of alkyl halides is 6.